The van der Waals surface area contributed by atoms with Crippen molar-refractivity contribution >= 4 is 21.8 Å². The van der Waals surface area contributed by atoms with Crippen molar-refractivity contribution in [3.8, 4) is 0 Å². The van der Waals surface area contributed by atoms with E-state index < -0.39 is 20.9 Å². The van der Waals surface area contributed by atoms with Gasteiger partial charge in [-0.25, -0.2) is 22.5 Å². The van der Waals surface area contributed by atoms with E-state index in [2.05, 4.69) is 9.71 Å². The van der Waals surface area contributed by atoms with E-state index in [-0.39, 0.29) is 12.5 Å². The van der Waals surface area contributed by atoms with Gasteiger partial charge in [-0.15, -0.1) is 0 Å². The van der Waals surface area contributed by atoms with E-state index in [1.165, 1.54) is 12.3 Å². The molecular formula is C10H15FN2O2S2. The summed E-state index contributed by atoms with van der Waals surface area (Å²) in [6, 6.07) is 2.43. The summed E-state index contributed by atoms with van der Waals surface area (Å²) in [7, 11) is -3.85. The Balaban J connectivity index is 2.73. The molecule has 0 saturated heterocycles. The highest BCUT2D eigenvalue weighted by Crippen LogP contribution is 2.10. The monoisotopic (exact) mass is 278 g/mol. The van der Waals surface area contributed by atoms with E-state index >= 15 is 0 Å². The van der Waals surface area contributed by atoms with Crippen molar-refractivity contribution < 1.29 is 12.8 Å². The van der Waals surface area contributed by atoms with Crippen molar-refractivity contribution in [1.29, 1.82) is 0 Å². The first kappa shape index (κ1) is 14.4. The number of rotatable bonds is 6. The zero-order valence-corrected chi connectivity index (χ0v) is 11.3. The summed E-state index contributed by atoms with van der Waals surface area (Å²) in [6.07, 6.45) is 3.20. The second-order valence-electron chi connectivity index (χ2n) is 3.70. The molecule has 0 aliphatic rings. The van der Waals surface area contributed by atoms with E-state index in [1.807, 2.05) is 13.2 Å². The molecule has 1 N–H and O–H groups in total. The van der Waals surface area contributed by atoms with Crippen LogP contribution in [-0.4, -0.2) is 32.0 Å². The normalized spacial score (nSPS) is 13.6. The summed E-state index contributed by atoms with van der Waals surface area (Å²) >= 11 is 1.63. The molecular weight excluding hydrogens is 263 g/mol. The fourth-order valence-corrected chi connectivity index (χ4v) is 3.08. The number of nitrogens with one attached hydrogen (secondary N) is 1. The van der Waals surface area contributed by atoms with Crippen molar-refractivity contribution in [2.45, 2.75) is 11.9 Å². The Labute approximate surface area is 105 Å². The van der Waals surface area contributed by atoms with E-state index in [0.717, 1.165) is 11.8 Å². The highest BCUT2D eigenvalue weighted by Gasteiger charge is 2.20. The molecule has 0 saturated carbocycles. The summed E-state index contributed by atoms with van der Waals surface area (Å²) in [5, 5.41) is -0.545. The van der Waals surface area contributed by atoms with E-state index in [4.69, 9.17) is 0 Å². The Hall–Kier alpha value is -0.660. The second kappa shape index (κ2) is 6.32. The molecule has 1 unspecified atom stereocenters. The second-order valence-corrected chi connectivity index (χ2v) is 6.30. The third-order valence-electron chi connectivity index (χ3n) is 2.05. The number of hydrogen-bond acceptors (Lipinski definition) is 4. The fourth-order valence-electron chi connectivity index (χ4n) is 1.23. The number of nitrogens with zero attached hydrogens (tertiary/aromatic N) is 1. The van der Waals surface area contributed by atoms with Crippen molar-refractivity contribution in [2.24, 2.45) is 5.92 Å². The largest absolute Gasteiger partial charge is 0.261 e. The summed E-state index contributed by atoms with van der Waals surface area (Å²) in [5.41, 5.74) is 0. The minimum Gasteiger partial charge on any atom is -0.241 e. The summed E-state index contributed by atoms with van der Waals surface area (Å²) in [5.74, 6) is 0.191. The Morgan fingerprint density at radius 2 is 2.29 bits per heavy atom. The Bertz CT molecular complexity index is 465. The first-order valence-electron chi connectivity index (χ1n) is 5.06. The average Bonchev–Trinajstić information content (AvgIpc) is 2.27. The van der Waals surface area contributed by atoms with Gasteiger partial charge in [-0.05, 0) is 30.1 Å². The van der Waals surface area contributed by atoms with Crippen LogP contribution in [0.3, 0.4) is 0 Å². The number of pyridine rings is 1. The molecule has 7 heteroatoms. The molecule has 17 heavy (non-hydrogen) atoms. The van der Waals surface area contributed by atoms with Crippen LogP contribution in [0, 0.1) is 11.7 Å². The van der Waals surface area contributed by atoms with Crippen molar-refractivity contribution in [3.05, 3.63) is 24.1 Å². The first-order valence-corrected chi connectivity index (χ1v) is 7.94. The maximum atomic E-state index is 13.3. The molecule has 1 atom stereocenters. The smallest absolute Gasteiger partial charge is 0.241 e. The molecule has 1 aromatic heterocycles. The third-order valence-corrected chi connectivity index (χ3v) is 4.31. The summed E-state index contributed by atoms with van der Waals surface area (Å²) in [4.78, 5) is 3.54. The van der Waals surface area contributed by atoms with Crippen molar-refractivity contribution in [3.63, 3.8) is 0 Å². The van der Waals surface area contributed by atoms with Crippen LogP contribution < -0.4 is 4.72 Å². The van der Waals surface area contributed by atoms with E-state index in [9.17, 15) is 12.8 Å². The molecule has 0 fully saturated rings. The molecule has 0 amide bonds. The first-order chi connectivity index (χ1) is 7.97. The van der Waals surface area contributed by atoms with Gasteiger partial charge in [0.2, 0.25) is 5.03 Å². The number of sulfonamides is 1. The van der Waals surface area contributed by atoms with Gasteiger partial charge in [-0.3, -0.25) is 0 Å². The minimum atomic E-state index is -3.85. The topological polar surface area (TPSA) is 59.1 Å². The molecule has 1 aromatic rings. The molecule has 0 radical (unpaired) electrons. The molecule has 1 rings (SSSR count). The Morgan fingerprint density at radius 3 is 2.88 bits per heavy atom. The van der Waals surface area contributed by atoms with Crippen LogP contribution in [0.5, 0.6) is 0 Å². The molecule has 4 nitrogen and oxygen atoms in total. The molecule has 0 aromatic carbocycles. The highest BCUT2D eigenvalue weighted by atomic mass is 32.2. The minimum absolute atomic E-state index is 0.187. The van der Waals surface area contributed by atoms with Crippen LogP contribution in [0.1, 0.15) is 6.92 Å². The number of aromatic nitrogens is 1. The Morgan fingerprint density at radius 1 is 1.59 bits per heavy atom. The molecule has 0 spiro atoms. The zero-order chi connectivity index (χ0) is 12.9. The maximum Gasteiger partial charge on any atom is 0.261 e. The predicted octanol–water partition coefficient (Wildman–Crippen LogP) is 1.50. The van der Waals surface area contributed by atoms with Gasteiger partial charge in [0, 0.05) is 12.7 Å². The van der Waals surface area contributed by atoms with E-state index in [1.54, 1.807) is 11.8 Å². The molecule has 96 valence electrons. The molecule has 0 aliphatic carbocycles. The van der Waals surface area contributed by atoms with Crippen LogP contribution in [0.15, 0.2) is 23.4 Å². The fraction of sp³-hybridized carbons (Fsp3) is 0.500. The van der Waals surface area contributed by atoms with Crippen molar-refractivity contribution in [1.82, 2.24) is 9.71 Å². The zero-order valence-electron chi connectivity index (χ0n) is 9.68. The van der Waals surface area contributed by atoms with Crippen LogP contribution in [0.4, 0.5) is 4.39 Å². The standard InChI is InChI=1S/C10H15FN2O2S2/c1-8(7-16-2)6-13-17(14,15)10-9(11)4-3-5-12-10/h3-5,8,13H,6-7H2,1-2H3. The van der Waals surface area contributed by atoms with Crippen LogP contribution >= 0.6 is 11.8 Å². The quantitative estimate of drug-likeness (QED) is 0.856. The van der Waals surface area contributed by atoms with Gasteiger partial charge in [-0.2, -0.15) is 11.8 Å². The lowest BCUT2D eigenvalue weighted by molar-refractivity contribution is 0.535. The maximum absolute atomic E-state index is 13.3. The number of halogens is 1. The van der Waals surface area contributed by atoms with Gasteiger partial charge < -0.3 is 0 Å². The lowest BCUT2D eigenvalue weighted by Gasteiger charge is -2.11. The summed E-state index contributed by atoms with van der Waals surface area (Å²) < 4.78 is 39.1. The number of thioether (sulfide) groups is 1. The summed E-state index contributed by atoms with van der Waals surface area (Å²) in [6.45, 7) is 2.20. The van der Waals surface area contributed by atoms with Gasteiger partial charge in [0.1, 0.15) is 0 Å². The lowest BCUT2D eigenvalue weighted by atomic mass is 10.2. The predicted molar refractivity (Wildman–Crippen MR) is 66.9 cm³/mol. The van der Waals surface area contributed by atoms with Gasteiger partial charge in [0.15, 0.2) is 5.82 Å². The SMILES string of the molecule is CSCC(C)CNS(=O)(=O)c1ncccc1F. The highest BCUT2D eigenvalue weighted by molar-refractivity contribution is 7.98. The van der Waals surface area contributed by atoms with Crippen LogP contribution in [-0.2, 0) is 10.0 Å². The lowest BCUT2D eigenvalue weighted by Crippen LogP contribution is -2.30. The van der Waals surface area contributed by atoms with Gasteiger partial charge in [-0.1, -0.05) is 6.92 Å². The molecule has 0 aliphatic heterocycles. The van der Waals surface area contributed by atoms with Crippen molar-refractivity contribution in [2.75, 3.05) is 18.6 Å². The Kier molecular flexibility index (Phi) is 5.35. The molecule has 1 heterocycles. The number of hydrogen-bond donors (Lipinski definition) is 1. The van der Waals surface area contributed by atoms with Crippen LogP contribution in [0.2, 0.25) is 0 Å². The van der Waals surface area contributed by atoms with Crippen LogP contribution in [0.25, 0.3) is 0 Å². The van der Waals surface area contributed by atoms with Gasteiger partial charge in [0.25, 0.3) is 10.0 Å². The van der Waals surface area contributed by atoms with Gasteiger partial charge >= 0.3 is 0 Å². The van der Waals surface area contributed by atoms with E-state index in [0.29, 0.717) is 0 Å². The average molecular weight is 278 g/mol. The van der Waals surface area contributed by atoms with Gasteiger partial charge in [0.05, 0.1) is 0 Å². The molecule has 0 bridgehead atoms. The third kappa shape index (κ3) is 4.25.